The highest BCUT2D eigenvalue weighted by Crippen LogP contribution is 2.33. The molecule has 2 heterocycles. The van der Waals surface area contributed by atoms with Crippen molar-refractivity contribution in [1.29, 1.82) is 5.26 Å². The van der Waals surface area contributed by atoms with Crippen LogP contribution in [0, 0.1) is 18.3 Å². The van der Waals surface area contributed by atoms with Gasteiger partial charge < -0.3 is 14.5 Å². The van der Waals surface area contributed by atoms with E-state index >= 15 is 0 Å². The van der Waals surface area contributed by atoms with Gasteiger partial charge in [0.25, 0.3) is 5.56 Å². The number of benzene rings is 1. The Hall–Kier alpha value is -3.30. The van der Waals surface area contributed by atoms with Crippen LogP contribution in [0.2, 0.25) is 5.15 Å². The van der Waals surface area contributed by atoms with Crippen molar-refractivity contribution in [2.75, 3.05) is 7.11 Å². The summed E-state index contributed by atoms with van der Waals surface area (Å²) < 4.78 is 11.2. The largest absolute Gasteiger partial charge is 0.493 e. The van der Waals surface area contributed by atoms with Gasteiger partial charge in [0.15, 0.2) is 11.5 Å². The van der Waals surface area contributed by atoms with Gasteiger partial charge in [0, 0.05) is 23.0 Å². The fourth-order valence-electron chi connectivity index (χ4n) is 2.63. The van der Waals surface area contributed by atoms with Crippen LogP contribution < -0.4 is 15.0 Å². The van der Waals surface area contributed by atoms with E-state index in [-0.39, 0.29) is 5.56 Å². The highest BCUT2D eigenvalue weighted by molar-refractivity contribution is 6.29. The van der Waals surface area contributed by atoms with Crippen molar-refractivity contribution in [3.8, 4) is 28.7 Å². The molecule has 0 unspecified atom stereocenters. The van der Waals surface area contributed by atoms with E-state index in [4.69, 9.17) is 21.1 Å². The van der Waals surface area contributed by atoms with Crippen molar-refractivity contribution in [1.82, 2.24) is 9.97 Å². The van der Waals surface area contributed by atoms with Gasteiger partial charge in [0.2, 0.25) is 0 Å². The molecule has 0 fully saturated rings. The molecule has 27 heavy (non-hydrogen) atoms. The molecule has 0 aliphatic carbocycles. The zero-order chi connectivity index (χ0) is 19.4. The Bertz CT molecular complexity index is 1070. The summed E-state index contributed by atoms with van der Waals surface area (Å²) in [5.74, 6) is 1.03. The van der Waals surface area contributed by atoms with Crippen LogP contribution in [-0.4, -0.2) is 17.1 Å². The van der Waals surface area contributed by atoms with Gasteiger partial charge in [0.1, 0.15) is 23.4 Å². The molecule has 0 atom stereocenters. The summed E-state index contributed by atoms with van der Waals surface area (Å²) in [7, 11) is 1.53. The molecule has 3 rings (SSSR count). The fraction of sp³-hybridized carbons (Fsp3) is 0.150. The number of halogens is 1. The van der Waals surface area contributed by atoms with E-state index in [0.29, 0.717) is 40.1 Å². The Morgan fingerprint density at radius 2 is 2.04 bits per heavy atom. The molecule has 0 radical (unpaired) electrons. The number of H-pyrrole nitrogens is 1. The lowest BCUT2D eigenvalue weighted by atomic mass is 10.0. The molecule has 7 heteroatoms. The van der Waals surface area contributed by atoms with Gasteiger partial charge in [-0.1, -0.05) is 23.7 Å². The molecular formula is C20H16ClN3O3. The van der Waals surface area contributed by atoms with Crippen molar-refractivity contribution < 1.29 is 9.47 Å². The molecule has 1 aromatic carbocycles. The zero-order valence-electron chi connectivity index (χ0n) is 14.7. The monoisotopic (exact) mass is 381 g/mol. The van der Waals surface area contributed by atoms with Gasteiger partial charge in [-0.25, -0.2) is 4.98 Å². The van der Waals surface area contributed by atoms with E-state index in [0.717, 1.165) is 5.56 Å². The Labute approximate surface area is 161 Å². The minimum atomic E-state index is -0.415. The van der Waals surface area contributed by atoms with Gasteiger partial charge >= 0.3 is 0 Å². The Morgan fingerprint density at radius 3 is 2.70 bits per heavy atom. The van der Waals surface area contributed by atoms with Crippen molar-refractivity contribution in [3.63, 3.8) is 0 Å². The van der Waals surface area contributed by atoms with Crippen LogP contribution >= 0.6 is 11.6 Å². The summed E-state index contributed by atoms with van der Waals surface area (Å²) in [5, 5.41) is 9.74. The number of aromatic nitrogens is 2. The SMILES string of the molecule is COc1cc(-c2cc(C)[nH]c(=O)c2C#N)ccc1OCc1ccc(Cl)nc1. The van der Waals surface area contributed by atoms with Crippen molar-refractivity contribution >= 4 is 11.6 Å². The number of hydrogen-bond donors (Lipinski definition) is 1. The smallest absolute Gasteiger partial charge is 0.266 e. The Balaban J connectivity index is 1.92. The lowest BCUT2D eigenvalue weighted by Gasteiger charge is -2.13. The van der Waals surface area contributed by atoms with Gasteiger partial charge in [-0.15, -0.1) is 0 Å². The summed E-state index contributed by atoms with van der Waals surface area (Å²) in [6, 6.07) is 12.5. The summed E-state index contributed by atoms with van der Waals surface area (Å²) >= 11 is 5.78. The average Bonchev–Trinajstić information content (AvgIpc) is 2.67. The first-order valence-corrected chi connectivity index (χ1v) is 8.45. The number of hydrogen-bond acceptors (Lipinski definition) is 5. The van der Waals surface area contributed by atoms with Crippen LogP contribution in [0.5, 0.6) is 11.5 Å². The number of methoxy groups -OCH3 is 1. The number of ether oxygens (including phenoxy) is 2. The molecule has 1 N–H and O–H groups in total. The highest BCUT2D eigenvalue weighted by Gasteiger charge is 2.13. The predicted molar refractivity (Wildman–Crippen MR) is 102 cm³/mol. The van der Waals surface area contributed by atoms with Crippen molar-refractivity contribution in [2.24, 2.45) is 0 Å². The summed E-state index contributed by atoms with van der Waals surface area (Å²) in [6.07, 6.45) is 1.64. The zero-order valence-corrected chi connectivity index (χ0v) is 15.5. The molecule has 0 saturated heterocycles. The number of nitrogens with one attached hydrogen (secondary N) is 1. The second-order valence-electron chi connectivity index (χ2n) is 5.83. The number of rotatable bonds is 5. The van der Waals surface area contributed by atoms with E-state index in [1.807, 2.05) is 12.1 Å². The second-order valence-corrected chi connectivity index (χ2v) is 6.21. The van der Waals surface area contributed by atoms with Gasteiger partial charge in [0.05, 0.1) is 7.11 Å². The quantitative estimate of drug-likeness (QED) is 0.678. The maximum absolute atomic E-state index is 12.0. The maximum atomic E-state index is 12.0. The van der Waals surface area contributed by atoms with E-state index < -0.39 is 5.56 Å². The molecular weight excluding hydrogens is 366 g/mol. The summed E-state index contributed by atoms with van der Waals surface area (Å²) in [4.78, 5) is 18.7. The minimum absolute atomic E-state index is 0.0589. The van der Waals surface area contributed by atoms with Gasteiger partial charge in [-0.3, -0.25) is 4.79 Å². The lowest BCUT2D eigenvalue weighted by molar-refractivity contribution is 0.284. The molecule has 136 valence electrons. The number of pyridine rings is 2. The molecule has 0 saturated carbocycles. The molecule has 0 spiro atoms. The van der Waals surface area contributed by atoms with E-state index in [1.54, 1.807) is 43.5 Å². The van der Waals surface area contributed by atoms with E-state index in [1.165, 1.54) is 7.11 Å². The number of nitrogens with zero attached hydrogens (tertiary/aromatic N) is 2. The number of aromatic amines is 1. The second kappa shape index (κ2) is 7.94. The van der Waals surface area contributed by atoms with Crippen LogP contribution in [0.3, 0.4) is 0 Å². The van der Waals surface area contributed by atoms with Crippen molar-refractivity contribution in [3.05, 3.63) is 74.9 Å². The van der Waals surface area contributed by atoms with Crippen LogP contribution in [0.15, 0.2) is 47.4 Å². The number of nitriles is 1. The minimum Gasteiger partial charge on any atom is -0.493 e. The Morgan fingerprint density at radius 1 is 1.22 bits per heavy atom. The van der Waals surface area contributed by atoms with Crippen LogP contribution in [0.1, 0.15) is 16.8 Å². The Kier molecular flexibility index (Phi) is 5.43. The molecule has 0 bridgehead atoms. The van der Waals surface area contributed by atoms with Gasteiger partial charge in [-0.2, -0.15) is 5.26 Å². The highest BCUT2D eigenvalue weighted by atomic mass is 35.5. The fourth-order valence-corrected chi connectivity index (χ4v) is 2.75. The third kappa shape index (κ3) is 4.10. The first-order valence-electron chi connectivity index (χ1n) is 8.07. The van der Waals surface area contributed by atoms with Crippen LogP contribution in [0.4, 0.5) is 0 Å². The third-order valence-electron chi connectivity index (χ3n) is 3.94. The normalized spacial score (nSPS) is 10.3. The van der Waals surface area contributed by atoms with Crippen molar-refractivity contribution in [2.45, 2.75) is 13.5 Å². The molecule has 0 aliphatic rings. The van der Waals surface area contributed by atoms with Gasteiger partial charge in [-0.05, 0) is 36.8 Å². The first-order chi connectivity index (χ1) is 13.0. The maximum Gasteiger partial charge on any atom is 0.266 e. The predicted octanol–water partition coefficient (Wildman–Crippen LogP) is 3.86. The lowest BCUT2D eigenvalue weighted by Crippen LogP contribution is -2.12. The standard InChI is InChI=1S/C20H16ClN3O3/c1-12-7-15(16(9-22)20(25)24-12)14-4-5-17(18(8-14)26-2)27-11-13-3-6-19(21)23-10-13/h3-8,10H,11H2,1-2H3,(H,24,25). The molecule has 2 aromatic heterocycles. The van der Waals surface area contributed by atoms with Crippen LogP contribution in [-0.2, 0) is 6.61 Å². The topological polar surface area (TPSA) is 88.0 Å². The first kappa shape index (κ1) is 18.5. The molecule has 0 amide bonds. The summed E-state index contributed by atoms with van der Waals surface area (Å²) in [5.41, 5.74) is 2.42. The van der Waals surface area contributed by atoms with Crippen LogP contribution in [0.25, 0.3) is 11.1 Å². The van der Waals surface area contributed by atoms with E-state index in [9.17, 15) is 10.1 Å². The third-order valence-corrected chi connectivity index (χ3v) is 4.16. The summed E-state index contributed by atoms with van der Waals surface area (Å²) in [6.45, 7) is 2.06. The molecule has 3 aromatic rings. The van der Waals surface area contributed by atoms with E-state index in [2.05, 4.69) is 9.97 Å². The average molecular weight is 382 g/mol. The molecule has 0 aliphatic heterocycles. The number of aryl methyl sites for hydroxylation is 1. The molecule has 6 nitrogen and oxygen atoms in total.